The zero-order valence-corrected chi connectivity index (χ0v) is 6.06. The number of halogens is 1. The van der Waals surface area contributed by atoms with Gasteiger partial charge in [-0.25, -0.2) is 0 Å². The maximum atomic E-state index is 3.26. The Kier molecular flexibility index (Phi) is 2.10. The molecular weight excluding hydrogens is 164 g/mol. The molecule has 1 rings (SSSR count). The topological polar surface area (TPSA) is 0 Å². The lowest BCUT2D eigenvalue weighted by atomic mass is 10.1. The van der Waals surface area contributed by atoms with Crippen molar-refractivity contribution in [3.8, 4) is 0 Å². The fourth-order valence-corrected chi connectivity index (χ4v) is 0.950. The monoisotopic (exact) mass is 170 g/mol. The maximum Gasteiger partial charge on any atom is -0.00891 e. The average molecular weight is 171 g/mol. The van der Waals surface area contributed by atoms with E-state index in [0.717, 1.165) is 6.42 Å². The Labute approximate surface area is 57.7 Å². The van der Waals surface area contributed by atoms with Gasteiger partial charge in [-0.15, -0.1) is 0 Å². The van der Waals surface area contributed by atoms with Crippen LogP contribution in [0.1, 0.15) is 6.42 Å². The summed E-state index contributed by atoms with van der Waals surface area (Å²) in [5, 5.41) is 0. The van der Waals surface area contributed by atoms with Crippen molar-refractivity contribution in [3.05, 3.63) is 34.9 Å². The molecule has 1 aliphatic rings. The largest absolute Gasteiger partial charge is 0.0801 e. The summed E-state index contributed by atoms with van der Waals surface area (Å²) in [6.45, 7) is 0. The first kappa shape index (κ1) is 5.83. The average Bonchev–Trinajstić information content (AvgIpc) is 1.90. The molecule has 1 heteroatoms. The molecule has 8 heavy (non-hydrogen) atoms. The highest BCUT2D eigenvalue weighted by Crippen LogP contribution is 2.10. The molecule has 0 nitrogen and oxygen atoms in total. The van der Waals surface area contributed by atoms with Crippen LogP contribution in [0.25, 0.3) is 0 Å². The van der Waals surface area contributed by atoms with Gasteiger partial charge in [-0.05, 0) is 17.0 Å². The molecule has 0 saturated carbocycles. The third-order valence-electron chi connectivity index (χ3n) is 1.05. The van der Waals surface area contributed by atoms with E-state index in [0.29, 0.717) is 0 Å². The fraction of sp³-hybridized carbons (Fsp3) is 0.143. The van der Waals surface area contributed by atoms with Crippen molar-refractivity contribution in [1.82, 2.24) is 0 Å². The van der Waals surface area contributed by atoms with Gasteiger partial charge in [-0.3, -0.25) is 0 Å². The van der Waals surface area contributed by atoms with E-state index in [1.54, 1.807) is 0 Å². The van der Waals surface area contributed by atoms with E-state index < -0.39 is 0 Å². The van der Waals surface area contributed by atoms with E-state index in [9.17, 15) is 0 Å². The van der Waals surface area contributed by atoms with Crippen LogP contribution < -0.4 is 0 Å². The number of allylic oxidation sites excluding steroid dienone is 5. The molecule has 1 aliphatic carbocycles. The molecule has 0 saturated heterocycles. The molecule has 0 spiro atoms. The van der Waals surface area contributed by atoms with Gasteiger partial charge in [0.25, 0.3) is 0 Å². The van der Waals surface area contributed by atoms with Crippen molar-refractivity contribution in [2.45, 2.75) is 6.42 Å². The Morgan fingerprint density at radius 3 is 2.75 bits per heavy atom. The van der Waals surface area contributed by atoms with Crippen LogP contribution in [0, 0.1) is 0 Å². The van der Waals surface area contributed by atoms with Gasteiger partial charge in [-0.2, -0.15) is 0 Å². The third-order valence-corrected chi connectivity index (χ3v) is 1.64. The lowest BCUT2D eigenvalue weighted by Gasteiger charge is -1.96. The van der Waals surface area contributed by atoms with Gasteiger partial charge in [0.2, 0.25) is 0 Å². The van der Waals surface area contributed by atoms with Crippen LogP contribution in [0.4, 0.5) is 0 Å². The lowest BCUT2D eigenvalue weighted by Crippen LogP contribution is -1.76. The van der Waals surface area contributed by atoms with Gasteiger partial charge >= 0.3 is 0 Å². The Morgan fingerprint density at radius 1 is 1.50 bits per heavy atom. The zero-order valence-electron chi connectivity index (χ0n) is 4.47. The van der Waals surface area contributed by atoms with Gasteiger partial charge in [0, 0.05) is 0 Å². The summed E-state index contributed by atoms with van der Waals surface area (Å²) in [6.07, 6.45) is 9.38. The maximum absolute atomic E-state index is 3.26. The second-order valence-electron chi connectivity index (χ2n) is 1.68. The predicted molar refractivity (Wildman–Crippen MR) is 39.9 cm³/mol. The summed E-state index contributed by atoms with van der Waals surface area (Å²) < 4.78 is 0. The molecule has 0 radical (unpaired) electrons. The van der Waals surface area contributed by atoms with E-state index in [1.165, 1.54) is 5.57 Å². The molecule has 0 atom stereocenters. The van der Waals surface area contributed by atoms with Crippen molar-refractivity contribution in [2.24, 2.45) is 0 Å². The zero-order chi connectivity index (χ0) is 5.82. The van der Waals surface area contributed by atoms with Crippen LogP contribution in [-0.2, 0) is 0 Å². The number of hydrogen-bond donors (Lipinski definition) is 0. The van der Waals surface area contributed by atoms with E-state index in [2.05, 4.69) is 34.2 Å². The van der Waals surface area contributed by atoms with Crippen molar-refractivity contribution in [1.29, 1.82) is 0 Å². The van der Waals surface area contributed by atoms with Crippen LogP contribution in [0.2, 0.25) is 0 Å². The minimum atomic E-state index is 1.06. The Balaban J connectivity index is 2.66. The quantitative estimate of drug-likeness (QED) is 0.525. The Hall–Kier alpha value is -0.300. The molecule has 0 aromatic carbocycles. The molecule has 0 heterocycles. The van der Waals surface area contributed by atoms with Crippen molar-refractivity contribution in [2.75, 3.05) is 0 Å². The summed E-state index contributed by atoms with van der Waals surface area (Å²) >= 11 is 3.26. The summed E-state index contributed by atoms with van der Waals surface area (Å²) in [4.78, 5) is 1.95. The van der Waals surface area contributed by atoms with E-state index >= 15 is 0 Å². The van der Waals surface area contributed by atoms with E-state index in [4.69, 9.17) is 0 Å². The van der Waals surface area contributed by atoms with Crippen LogP contribution >= 0.6 is 15.9 Å². The molecule has 0 N–H and O–H groups in total. The van der Waals surface area contributed by atoms with Gasteiger partial charge in [0.15, 0.2) is 0 Å². The minimum absolute atomic E-state index is 1.06. The molecule has 0 aromatic heterocycles. The molecular formula is C7H7Br. The summed E-state index contributed by atoms with van der Waals surface area (Å²) in [6, 6.07) is 0. The fourth-order valence-electron chi connectivity index (χ4n) is 0.611. The van der Waals surface area contributed by atoms with Crippen molar-refractivity contribution >= 4 is 15.9 Å². The van der Waals surface area contributed by atoms with Crippen LogP contribution in [0.3, 0.4) is 0 Å². The summed E-state index contributed by atoms with van der Waals surface area (Å²) in [5.41, 5.74) is 1.33. The second-order valence-corrected chi connectivity index (χ2v) is 2.13. The van der Waals surface area contributed by atoms with E-state index in [1.807, 2.05) is 11.1 Å². The highest BCUT2D eigenvalue weighted by atomic mass is 79.9. The molecule has 0 aliphatic heterocycles. The molecule has 0 fully saturated rings. The Bertz CT molecular complexity index is 152. The molecule has 0 unspecified atom stereocenters. The normalized spacial score (nSPS) is 22.4. The van der Waals surface area contributed by atoms with Crippen LogP contribution in [0.15, 0.2) is 34.9 Å². The first-order valence-electron chi connectivity index (χ1n) is 2.56. The lowest BCUT2D eigenvalue weighted by molar-refractivity contribution is 1.28. The van der Waals surface area contributed by atoms with Crippen LogP contribution in [-0.4, -0.2) is 0 Å². The van der Waals surface area contributed by atoms with Crippen LogP contribution in [0.5, 0.6) is 0 Å². The van der Waals surface area contributed by atoms with Gasteiger partial charge < -0.3 is 0 Å². The third kappa shape index (κ3) is 1.34. The first-order chi connectivity index (χ1) is 3.93. The molecule has 42 valence electrons. The van der Waals surface area contributed by atoms with E-state index in [-0.39, 0.29) is 0 Å². The highest BCUT2D eigenvalue weighted by molar-refractivity contribution is 9.11. The smallest absolute Gasteiger partial charge is 0.00891 e. The van der Waals surface area contributed by atoms with Gasteiger partial charge in [0.05, 0.1) is 0 Å². The second kappa shape index (κ2) is 2.88. The van der Waals surface area contributed by atoms with Gasteiger partial charge in [-0.1, -0.05) is 40.2 Å². The van der Waals surface area contributed by atoms with Gasteiger partial charge in [0.1, 0.15) is 0 Å². The first-order valence-corrected chi connectivity index (χ1v) is 3.47. The Morgan fingerprint density at radius 2 is 2.38 bits per heavy atom. The summed E-state index contributed by atoms with van der Waals surface area (Å²) in [5.74, 6) is 0. The standard InChI is InChI=1S/C7H7Br/c8-6-7-4-2-1-3-5-7/h1-4,6H,5H2. The molecule has 0 amide bonds. The minimum Gasteiger partial charge on any atom is -0.0801 e. The summed E-state index contributed by atoms with van der Waals surface area (Å²) in [7, 11) is 0. The molecule has 0 aromatic rings. The number of rotatable bonds is 0. The predicted octanol–water partition coefficient (Wildman–Crippen LogP) is 2.78. The number of hydrogen-bond acceptors (Lipinski definition) is 0. The molecule has 0 bridgehead atoms. The highest BCUT2D eigenvalue weighted by Gasteiger charge is 1.88. The van der Waals surface area contributed by atoms with Crippen molar-refractivity contribution < 1.29 is 0 Å². The SMILES string of the molecule is BrC=C1C=CC=CC1. The van der Waals surface area contributed by atoms with Crippen molar-refractivity contribution in [3.63, 3.8) is 0 Å².